The molecule has 2 aromatic rings. The molecule has 0 heterocycles. The first kappa shape index (κ1) is 24.6. The standard InChI is InChI=1S/C18H19FN4O8S/c1-3-21(4-2)32(29,30)13-6-8-17(16(10-13)23(27)28)31-11-18(24)20-14-7-5-12(19)9-15(14)22(25)26/h5-10H,3-4,11H2,1-2H3,(H,20,24). The Morgan fingerprint density at radius 2 is 1.69 bits per heavy atom. The quantitative estimate of drug-likeness (QED) is 0.409. The van der Waals surface area contributed by atoms with Gasteiger partial charge in [-0.3, -0.25) is 25.0 Å². The van der Waals surface area contributed by atoms with Crippen LogP contribution in [-0.2, 0) is 14.8 Å². The normalized spacial score (nSPS) is 11.2. The minimum atomic E-state index is -3.96. The molecule has 0 aliphatic carbocycles. The maximum atomic E-state index is 13.2. The van der Waals surface area contributed by atoms with Crippen molar-refractivity contribution in [1.29, 1.82) is 0 Å². The van der Waals surface area contributed by atoms with Crippen LogP contribution in [0.3, 0.4) is 0 Å². The highest BCUT2D eigenvalue weighted by molar-refractivity contribution is 7.89. The van der Waals surface area contributed by atoms with Crippen LogP contribution in [0.5, 0.6) is 5.75 Å². The highest BCUT2D eigenvalue weighted by atomic mass is 32.2. The van der Waals surface area contributed by atoms with Crippen molar-refractivity contribution in [2.24, 2.45) is 0 Å². The molecule has 2 aromatic carbocycles. The number of hydrogen-bond donors (Lipinski definition) is 1. The lowest BCUT2D eigenvalue weighted by molar-refractivity contribution is -0.386. The Morgan fingerprint density at radius 3 is 2.25 bits per heavy atom. The number of nitro benzene ring substituents is 2. The molecule has 0 radical (unpaired) electrons. The molecule has 0 fully saturated rings. The van der Waals surface area contributed by atoms with E-state index in [0.29, 0.717) is 6.07 Å². The maximum absolute atomic E-state index is 13.2. The number of anilines is 1. The summed E-state index contributed by atoms with van der Waals surface area (Å²) in [5, 5.41) is 24.5. The monoisotopic (exact) mass is 470 g/mol. The first-order chi connectivity index (χ1) is 15.0. The average Bonchev–Trinajstić information content (AvgIpc) is 2.73. The zero-order valence-corrected chi connectivity index (χ0v) is 17.8. The van der Waals surface area contributed by atoms with E-state index < -0.39 is 49.6 Å². The molecule has 1 N–H and O–H groups in total. The summed E-state index contributed by atoms with van der Waals surface area (Å²) in [5.41, 5.74) is -1.66. The Balaban J connectivity index is 2.22. The first-order valence-corrected chi connectivity index (χ1v) is 10.6. The molecule has 0 atom stereocenters. The number of sulfonamides is 1. The lowest BCUT2D eigenvalue weighted by atomic mass is 10.2. The van der Waals surface area contributed by atoms with E-state index in [9.17, 15) is 37.8 Å². The molecular formula is C18H19FN4O8S. The Labute approximate surface area is 181 Å². The predicted molar refractivity (Wildman–Crippen MR) is 110 cm³/mol. The fourth-order valence-electron chi connectivity index (χ4n) is 2.73. The van der Waals surface area contributed by atoms with Crippen LogP contribution in [-0.4, -0.2) is 48.2 Å². The zero-order chi connectivity index (χ0) is 24.1. The number of ether oxygens (including phenoxy) is 1. The van der Waals surface area contributed by atoms with Gasteiger partial charge in [-0.1, -0.05) is 13.8 Å². The van der Waals surface area contributed by atoms with E-state index in [0.717, 1.165) is 34.6 Å². The van der Waals surface area contributed by atoms with E-state index in [-0.39, 0.29) is 29.4 Å². The molecule has 0 unspecified atom stereocenters. The highest BCUT2D eigenvalue weighted by Gasteiger charge is 2.26. The van der Waals surface area contributed by atoms with Crippen LogP contribution >= 0.6 is 0 Å². The lowest BCUT2D eigenvalue weighted by Crippen LogP contribution is -2.30. The van der Waals surface area contributed by atoms with Crippen molar-refractivity contribution in [3.8, 4) is 5.75 Å². The van der Waals surface area contributed by atoms with Crippen LogP contribution in [0.4, 0.5) is 21.5 Å². The number of halogens is 1. The molecule has 0 spiro atoms. The maximum Gasteiger partial charge on any atom is 0.312 e. The molecule has 1 amide bonds. The third kappa shape index (κ3) is 5.53. The third-order valence-electron chi connectivity index (χ3n) is 4.26. The number of carbonyl (C=O) groups is 1. The van der Waals surface area contributed by atoms with Crippen LogP contribution in [0.15, 0.2) is 41.3 Å². The van der Waals surface area contributed by atoms with Gasteiger partial charge in [-0.25, -0.2) is 12.8 Å². The van der Waals surface area contributed by atoms with Crippen molar-refractivity contribution >= 4 is 33.0 Å². The fraction of sp³-hybridized carbons (Fsp3) is 0.278. The van der Waals surface area contributed by atoms with Crippen LogP contribution in [0.1, 0.15) is 13.8 Å². The van der Waals surface area contributed by atoms with Crippen molar-refractivity contribution in [1.82, 2.24) is 4.31 Å². The van der Waals surface area contributed by atoms with Gasteiger partial charge in [0.1, 0.15) is 11.5 Å². The van der Waals surface area contributed by atoms with Gasteiger partial charge in [0, 0.05) is 19.2 Å². The van der Waals surface area contributed by atoms with Crippen molar-refractivity contribution in [3.63, 3.8) is 0 Å². The number of hydrogen-bond acceptors (Lipinski definition) is 8. The summed E-state index contributed by atoms with van der Waals surface area (Å²) in [6.07, 6.45) is 0. The number of nitrogens with zero attached hydrogens (tertiary/aromatic N) is 3. The summed E-state index contributed by atoms with van der Waals surface area (Å²) in [4.78, 5) is 32.4. The van der Waals surface area contributed by atoms with Crippen LogP contribution in [0.2, 0.25) is 0 Å². The van der Waals surface area contributed by atoms with Crippen molar-refractivity contribution in [2.75, 3.05) is 25.0 Å². The van der Waals surface area contributed by atoms with Gasteiger partial charge in [-0.05, 0) is 24.3 Å². The van der Waals surface area contributed by atoms with E-state index in [4.69, 9.17) is 4.74 Å². The van der Waals surface area contributed by atoms with Crippen LogP contribution in [0.25, 0.3) is 0 Å². The number of benzene rings is 2. The van der Waals surface area contributed by atoms with Gasteiger partial charge in [0.2, 0.25) is 10.0 Å². The largest absolute Gasteiger partial charge is 0.477 e. The van der Waals surface area contributed by atoms with E-state index >= 15 is 0 Å². The Morgan fingerprint density at radius 1 is 1.06 bits per heavy atom. The molecule has 0 saturated carbocycles. The molecule has 0 bridgehead atoms. The second-order valence-corrected chi connectivity index (χ2v) is 8.17. The second-order valence-electron chi connectivity index (χ2n) is 6.23. The van der Waals surface area contributed by atoms with Gasteiger partial charge in [0.15, 0.2) is 12.4 Å². The SMILES string of the molecule is CCN(CC)S(=O)(=O)c1ccc(OCC(=O)Nc2ccc(F)cc2[N+](=O)[O-])c([N+](=O)[O-])c1. The van der Waals surface area contributed by atoms with Gasteiger partial charge < -0.3 is 10.1 Å². The fourth-order valence-corrected chi connectivity index (χ4v) is 4.20. The summed E-state index contributed by atoms with van der Waals surface area (Å²) in [6.45, 7) is 2.80. The highest BCUT2D eigenvalue weighted by Crippen LogP contribution is 2.31. The molecule has 0 aliphatic rings. The Hall–Kier alpha value is -3.65. The molecule has 0 saturated heterocycles. The molecule has 0 aliphatic heterocycles. The van der Waals surface area contributed by atoms with E-state index in [1.165, 1.54) is 0 Å². The van der Waals surface area contributed by atoms with Gasteiger partial charge in [0.25, 0.3) is 11.6 Å². The molecule has 0 aromatic heterocycles. The number of nitro groups is 2. The van der Waals surface area contributed by atoms with E-state index in [1.807, 2.05) is 0 Å². The number of nitrogens with one attached hydrogen (secondary N) is 1. The Bertz CT molecular complexity index is 1150. The zero-order valence-electron chi connectivity index (χ0n) is 17.0. The van der Waals surface area contributed by atoms with E-state index in [2.05, 4.69) is 5.32 Å². The number of carbonyl (C=O) groups excluding carboxylic acids is 1. The molecule has 172 valence electrons. The lowest BCUT2D eigenvalue weighted by Gasteiger charge is -2.18. The first-order valence-electron chi connectivity index (χ1n) is 9.16. The summed E-state index contributed by atoms with van der Waals surface area (Å²) in [5.74, 6) is -2.16. The summed E-state index contributed by atoms with van der Waals surface area (Å²) < 4.78 is 44.6. The summed E-state index contributed by atoms with van der Waals surface area (Å²) >= 11 is 0. The second kappa shape index (κ2) is 10.1. The number of rotatable bonds is 10. The van der Waals surface area contributed by atoms with Crippen molar-refractivity contribution < 1.29 is 32.2 Å². The van der Waals surface area contributed by atoms with E-state index in [1.54, 1.807) is 13.8 Å². The molecule has 2 rings (SSSR count). The van der Waals surface area contributed by atoms with Crippen LogP contribution in [0, 0.1) is 26.0 Å². The average molecular weight is 470 g/mol. The van der Waals surface area contributed by atoms with Crippen molar-refractivity contribution in [3.05, 3.63) is 62.4 Å². The predicted octanol–water partition coefficient (Wildman–Crippen LogP) is 2.69. The minimum Gasteiger partial charge on any atom is -0.477 e. The van der Waals surface area contributed by atoms with Gasteiger partial charge >= 0.3 is 5.69 Å². The summed E-state index contributed by atoms with van der Waals surface area (Å²) in [6, 6.07) is 5.49. The van der Waals surface area contributed by atoms with Gasteiger partial charge in [-0.15, -0.1) is 0 Å². The third-order valence-corrected chi connectivity index (χ3v) is 6.31. The smallest absolute Gasteiger partial charge is 0.312 e. The molecule has 14 heteroatoms. The van der Waals surface area contributed by atoms with Gasteiger partial charge in [-0.2, -0.15) is 4.31 Å². The Kier molecular flexibility index (Phi) is 7.77. The molecular weight excluding hydrogens is 451 g/mol. The minimum absolute atomic E-state index is 0.167. The molecule has 12 nitrogen and oxygen atoms in total. The van der Waals surface area contributed by atoms with Crippen LogP contribution < -0.4 is 10.1 Å². The van der Waals surface area contributed by atoms with Gasteiger partial charge in [0.05, 0.1) is 20.8 Å². The number of amides is 1. The summed E-state index contributed by atoms with van der Waals surface area (Å²) in [7, 11) is -3.96. The van der Waals surface area contributed by atoms with Crippen molar-refractivity contribution in [2.45, 2.75) is 18.7 Å². The molecule has 32 heavy (non-hydrogen) atoms. The topological polar surface area (TPSA) is 162 Å².